The number of nitrogens with zero attached hydrogens (tertiary/aromatic N) is 1. The lowest BCUT2D eigenvalue weighted by molar-refractivity contribution is -0.136. The van der Waals surface area contributed by atoms with Crippen molar-refractivity contribution < 1.29 is 18.7 Å². The Hall–Kier alpha value is -3.22. The summed E-state index contributed by atoms with van der Waals surface area (Å²) in [6.07, 6.45) is 1.24. The maximum atomic E-state index is 13.0. The average Bonchev–Trinajstić information content (AvgIpc) is 2.57. The molecule has 0 aliphatic carbocycles. The first kappa shape index (κ1) is 17.1. The van der Waals surface area contributed by atoms with E-state index in [0.717, 1.165) is 0 Å². The second-order valence-corrected chi connectivity index (χ2v) is 4.67. The van der Waals surface area contributed by atoms with Crippen LogP contribution in [0.5, 0.6) is 5.75 Å². The van der Waals surface area contributed by atoms with Gasteiger partial charge in [-0.3, -0.25) is 9.59 Å². The van der Waals surface area contributed by atoms with E-state index in [1.165, 1.54) is 24.4 Å². The molecule has 0 saturated carbocycles. The zero-order chi connectivity index (χ0) is 17.4. The Morgan fingerprint density at radius 3 is 2.58 bits per heavy atom. The normalized spacial score (nSPS) is 10.4. The van der Waals surface area contributed by atoms with Crippen LogP contribution >= 0.6 is 0 Å². The number of amides is 2. The number of hydrogen-bond donors (Lipinski definition) is 2. The molecule has 0 unspecified atom stereocenters. The van der Waals surface area contributed by atoms with Crippen molar-refractivity contribution in [3.8, 4) is 5.75 Å². The molecular weight excluding hydrogens is 313 g/mol. The summed E-state index contributed by atoms with van der Waals surface area (Å²) in [5.41, 5.74) is 2.99. The molecule has 0 atom stereocenters. The topological polar surface area (TPSA) is 79.8 Å². The number of carbonyl (C=O) groups excluding carboxylic acids is 2. The summed E-state index contributed by atoms with van der Waals surface area (Å²) in [5, 5.41) is 6.04. The minimum atomic E-state index is -0.934. The second-order valence-electron chi connectivity index (χ2n) is 4.67. The number of anilines is 1. The Labute approximate surface area is 138 Å². The van der Waals surface area contributed by atoms with Crippen LogP contribution in [-0.4, -0.2) is 24.6 Å². The third kappa shape index (κ3) is 5.20. The molecule has 2 aromatic rings. The van der Waals surface area contributed by atoms with Crippen molar-refractivity contribution in [3.05, 3.63) is 59.9 Å². The highest BCUT2D eigenvalue weighted by Gasteiger charge is 2.12. The van der Waals surface area contributed by atoms with Gasteiger partial charge in [-0.1, -0.05) is 12.1 Å². The largest absolute Gasteiger partial charge is 0.494 e. The molecule has 2 rings (SSSR count). The van der Waals surface area contributed by atoms with Crippen LogP contribution in [-0.2, 0) is 9.59 Å². The molecule has 124 valence electrons. The highest BCUT2D eigenvalue weighted by Crippen LogP contribution is 2.15. The maximum Gasteiger partial charge on any atom is 0.329 e. The van der Waals surface area contributed by atoms with Crippen molar-refractivity contribution in [2.24, 2.45) is 5.10 Å². The maximum absolute atomic E-state index is 13.0. The number of ether oxygens (including phenoxy) is 1. The van der Waals surface area contributed by atoms with Crippen LogP contribution in [0, 0.1) is 5.82 Å². The van der Waals surface area contributed by atoms with Crippen LogP contribution in [0.15, 0.2) is 53.6 Å². The molecule has 2 aromatic carbocycles. The summed E-state index contributed by atoms with van der Waals surface area (Å²) < 4.78 is 18.3. The van der Waals surface area contributed by atoms with Gasteiger partial charge < -0.3 is 10.1 Å². The number of benzene rings is 2. The van der Waals surface area contributed by atoms with Crippen LogP contribution in [0.1, 0.15) is 12.5 Å². The summed E-state index contributed by atoms with van der Waals surface area (Å²) >= 11 is 0. The fourth-order valence-electron chi connectivity index (χ4n) is 1.79. The van der Waals surface area contributed by atoms with E-state index in [0.29, 0.717) is 23.6 Å². The Morgan fingerprint density at radius 1 is 1.17 bits per heavy atom. The molecule has 0 saturated heterocycles. The molecule has 24 heavy (non-hydrogen) atoms. The van der Waals surface area contributed by atoms with Crippen molar-refractivity contribution in [1.29, 1.82) is 0 Å². The van der Waals surface area contributed by atoms with Crippen LogP contribution < -0.4 is 15.5 Å². The van der Waals surface area contributed by atoms with Gasteiger partial charge in [-0.15, -0.1) is 0 Å². The van der Waals surface area contributed by atoms with E-state index in [9.17, 15) is 14.0 Å². The Balaban J connectivity index is 1.86. The van der Waals surface area contributed by atoms with Gasteiger partial charge in [0.05, 0.1) is 12.8 Å². The third-order valence-corrected chi connectivity index (χ3v) is 2.86. The average molecular weight is 329 g/mol. The molecule has 0 heterocycles. The quantitative estimate of drug-likeness (QED) is 0.502. The predicted octanol–water partition coefficient (Wildman–Crippen LogP) is 2.31. The molecule has 0 bridgehead atoms. The van der Waals surface area contributed by atoms with Gasteiger partial charge in [0.1, 0.15) is 11.6 Å². The van der Waals surface area contributed by atoms with Gasteiger partial charge in [0.15, 0.2) is 0 Å². The first-order valence-corrected chi connectivity index (χ1v) is 7.21. The Kier molecular flexibility index (Phi) is 6.01. The van der Waals surface area contributed by atoms with Crippen molar-refractivity contribution in [3.63, 3.8) is 0 Å². The highest BCUT2D eigenvalue weighted by atomic mass is 19.1. The summed E-state index contributed by atoms with van der Waals surface area (Å²) in [4.78, 5) is 23.4. The first-order chi connectivity index (χ1) is 11.6. The van der Waals surface area contributed by atoms with Gasteiger partial charge in [-0.2, -0.15) is 5.10 Å². The molecule has 0 aliphatic heterocycles. The fraction of sp³-hybridized carbons (Fsp3) is 0.118. The molecule has 0 spiro atoms. The lowest BCUT2D eigenvalue weighted by Gasteiger charge is -2.06. The van der Waals surface area contributed by atoms with Gasteiger partial charge in [0.2, 0.25) is 0 Å². The molecule has 2 amide bonds. The Morgan fingerprint density at radius 2 is 1.92 bits per heavy atom. The van der Waals surface area contributed by atoms with Gasteiger partial charge in [0, 0.05) is 5.69 Å². The molecule has 6 nitrogen and oxygen atoms in total. The van der Waals surface area contributed by atoms with Crippen LogP contribution in [0.3, 0.4) is 0 Å². The third-order valence-electron chi connectivity index (χ3n) is 2.86. The van der Waals surface area contributed by atoms with E-state index in [1.807, 2.05) is 6.92 Å². The Bertz CT molecular complexity index is 745. The number of hydrogen-bond acceptors (Lipinski definition) is 4. The van der Waals surface area contributed by atoms with Crippen molar-refractivity contribution >= 4 is 23.7 Å². The molecular formula is C17H16FN3O3. The van der Waals surface area contributed by atoms with Crippen molar-refractivity contribution in [1.82, 2.24) is 5.43 Å². The lowest BCUT2D eigenvalue weighted by atomic mass is 10.2. The van der Waals surface area contributed by atoms with Gasteiger partial charge in [0.25, 0.3) is 0 Å². The monoisotopic (exact) mass is 329 g/mol. The number of rotatable bonds is 5. The van der Waals surface area contributed by atoms with Crippen molar-refractivity contribution in [2.45, 2.75) is 6.92 Å². The highest BCUT2D eigenvalue weighted by molar-refractivity contribution is 6.39. The second kappa shape index (κ2) is 8.42. The number of nitrogens with one attached hydrogen (secondary N) is 2. The van der Waals surface area contributed by atoms with Gasteiger partial charge in [-0.25, -0.2) is 9.82 Å². The molecule has 0 fully saturated rings. The summed E-state index contributed by atoms with van der Waals surface area (Å²) in [7, 11) is 0. The van der Waals surface area contributed by atoms with E-state index < -0.39 is 17.6 Å². The zero-order valence-corrected chi connectivity index (χ0v) is 13.0. The minimum absolute atomic E-state index is 0.418. The molecule has 7 heteroatoms. The summed E-state index contributed by atoms with van der Waals surface area (Å²) in [6, 6.07) is 12.3. The number of hydrazone groups is 1. The predicted molar refractivity (Wildman–Crippen MR) is 88.4 cm³/mol. The van der Waals surface area contributed by atoms with E-state index in [4.69, 9.17) is 4.74 Å². The smallest absolute Gasteiger partial charge is 0.329 e. The van der Waals surface area contributed by atoms with Gasteiger partial charge in [-0.05, 0) is 48.9 Å². The summed E-state index contributed by atoms with van der Waals surface area (Å²) in [5.74, 6) is -1.55. The molecule has 0 aromatic heterocycles. The van der Waals surface area contributed by atoms with E-state index in [2.05, 4.69) is 15.8 Å². The fourth-order valence-corrected chi connectivity index (χ4v) is 1.79. The van der Waals surface area contributed by atoms with Crippen LogP contribution in [0.2, 0.25) is 0 Å². The van der Waals surface area contributed by atoms with E-state index in [-0.39, 0.29) is 0 Å². The van der Waals surface area contributed by atoms with Crippen LogP contribution in [0.25, 0.3) is 0 Å². The first-order valence-electron chi connectivity index (χ1n) is 7.21. The molecule has 0 radical (unpaired) electrons. The number of carbonyl (C=O) groups is 2. The van der Waals surface area contributed by atoms with Gasteiger partial charge >= 0.3 is 11.8 Å². The molecule has 2 N–H and O–H groups in total. The van der Waals surface area contributed by atoms with E-state index >= 15 is 0 Å². The molecule has 0 aliphatic rings. The number of halogens is 1. The standard InChI is InChI=1S/C17H16FN3O3/c1-2-24-15-8-6-14(7-9-15)20-16(22)17(23)21-19-11-12-4-3-5-13(18)10-12/h3-11H,2H2,1H3,(H,20,22)(H,21,23)/b19-11+. The zero-order valence-electron chi connectivity index (χ0n) is 13.0. The van der Waals surface area contributed by atoms with Crippen molar-refractivity contribution in [2.75, 3.05) is 11.9 Å². The minimum Gasteiger partial charge on any atom is -0.494 e. The lowest BCUT2D eigenvalue weighted by Crippen LogP contribution is -2.32. The summed E-state index contributed by atoms with van der Waals surface area (Å²) in [6.45, 7) is 2.40. The van der Waals surface area contributed by atoms with Crippen LogP contribution in [0.4, 0.5) is 10.1 Å². The SMILES string of the molecule is CCOc1ccc(NC(=O)C(=O)N/N=C/c2cccc(F)c2)cc1. The van der Waals surface area contributed by atoms with E-state index in [1.54, 1.807) is 30.3 Å².